The second-order valence-corrected chi connectivity index (χ2v) is 5.32. The zero-order valence-corrected chi connectivity index (χ0v) is 12.9. The third kappa shape index (κ3) is 3.62. The molecule has 1 aliphatic rings. The molecule has 0 amide bonds. The molecule has 1 aliphatic heterocycles. The highest BCUT2D eigenvalue weighted by Gasteiger charge is 2.39. The van der Waals surface area contributed by atoms with Crippen LogP contribution in [0.15, 0.2) is 24.3 Å². The molecule has 2 aromatic rings. The summed E-state index contributed by atoms with van der Waals surface area (Å²) in [4.78, 5) is 1.32. The van der Waals surface area contributed by atoms with Gasteiger partial charge in [0.25, 0.3) is 0 Å². The van der Waals surface area contributed by atoms with E-state index in [4.69, 9.17) is 14.2 Å². The SMILES string of the molecule is COc1ccc(Cn2nnc(O[C@@H]3OC[C@@H](O)[C@H](O)[C@H]3O)n2)cc1. The van der Waals surface area contributed by atoms with E-state index in [1.165, 1.54) is 4.80 Å². The second kappa shape index (κ2) is 7.09. The Kier molecular flexibility index (Phi) is 4.90. The molecular formula is C14H18N4O6. The number of benzene rings is 1. The number of hydrogen-bond acceptors (Lipinski definition) is 9. The van der Waals surface area contributed by atoms with Crippen LogP contribution in [-0.4, -0.2) is 73.8 Å². The topological polar surface area (TPSA) is 132 Å². The highest BCUT2D eigenvalue weighted by Crippen LogP contribution is 2.18. The number of tetrazole rings is 1. The summed E-state index contributed by atoms with van der Waals surface area (Å²) >= 11 is 0. The van der Waals surface area contributed by atoms with Gasteiger partial charge in [-0.2, -0.15) is 4.80 Å². The van der Waals surface area contributed by atoms with E-state index < -0.39 is 24.6 Å². The standard InChI is InChI=1S/C14H18N4O6/c1-22-9-4-2-8(3-5-9)6-18-16-14(15-17-18)24-13-12(21)11(20)10(19)7-23-13/h2-5,10-13,19-21H,6-7H2,1H3/t10-,11+,12-,13+/m1/s1. The molecular weight excluding hydrogens is 320 g/mol. The molecule has 0 unspecified atom stereocenters. The summed E-state index contributed by atoms with van der Waals surface area (Å²) < 4.78 is 15.5. The maximum Gasteiger partial charge on any atom is 0.358 e. The lowest BCUT2D eigenvalue weighted by molar-refractivity contribution is -0.243. The van der Waals surface area contributed by atoms with Crippen LogP contribution >= 0.6 is 0 Å². The van der Waals surface area contributed by atoms with Gasteiger partial charge in [-0.1, -0.05) is 22.3 Å². The Labute approximate surface area is 137 Å². The fourth-order valence-electron chi connectivity index (χ4n) is 2.22. The molecule has 0 radical (unpaired) electrons. The van der Waals surface area contributed by atoms with Gasteiger partial charge in [-0.05, 0) is 22.9 Å². The van der Waals surface area contributed by atoms with Gasteiger partial charge < -0.3 is 29.5 Å². The van der Waals surface area contributed by atoms with Crippen molar-refractivity contribution >= 4 is 0 Å². The molecule has 0 saturated carbocycles. The number of aliphatic hydroxyl groups is 3. The van der Waals surface area contributed by atoms with Gasteiger partial charge in [0.05, 0.1) is 20.3 Å². The third-order valence-corrected chi connectivity index (χ3v) is 3.59. The summed E-state index contributed by atoms with van der Waals surface area (Å²) in [6.07, 6.45) is -5.12. The van der Waals surface area contributed by atoms with E-state index >= 15 is 0 Å². The van der Waals surface area contributed by atoms with Crippen molar-refractivity contribution in [3.8, 4) is 11.8 Å². The van der Waals surface area contributed by atoms with Gasteiger partial charge in [-0.3, -0.25) is 0 Å². The van der Waals surface area contributed by atoms with Crippen LogP contribution in [0.4, 0.5) is 0 Å². The van der Waals surface area contributed by atoms with Gasteiger partial charge in [0.15, 0.2) is 0 Å². The first-order valence-electron chi connectivity index (χ1n) is 7.30. The largest absolute Gasteiger partial charge is 0.497 e. The highest BCUT2D eigenvalue weighted by atomic mass is 16.7. The van der Waals surface area contributed by atoms with E-state index in [1.54, 1.807) is 7.11 Å². The molecule has 0 bridgehead atoms. The molecule has 3 N–H and O–H groups in total. The predicted octanol–water partition coefficient (Wildman–Crippen LogP) is -1.45. The van der Waals surface area contributed by atoms with E-state index in [1.807, 2.05) is 24.3 Å². The average Bonchev–Trinajstić information content (AvgIpc) is 3.03. The van der Waals surface area contributed by atoms with E-state index in [0.29, 0.717) is 6.54 Å². The number of aromatic nitrogens is 4. The van der Waals surface area contributed by atoms with Gasteiger partial charge in [-0.15, -0.1) is 0 Å². The molecule has 24 heavy (non-hydrogen) atoms. The van der Waals surface area contributed by atoms with E-state index in [9.17, 15) is 15.3 Å². The summed E-state index contributed by atoms with van der Waals surface area (Å²) in [5.74, 6) is 0.749. The first-order valence-corrected chi connectivity index (χ1v) is 7.30. The number of methoxy groups -OCH3 is 1. The Bertz CT molecular complexity index is 664. The van der Waals surface area contributed by atoms with E-state index in [-0.39, 0.29) is 12.6 Å². The smallest absolute Gasteiger partial charge is 0.358 e. The van der Waals surface area contributed by atoms with Crippen molar-refractivity contribution < 1.29 is 29.5 Å². The van der Waals surface area contributed by atoms with Crippen molar-refractivity contribution in [3.05, 3.63) is 29.8 Å². The molecule has 4 atom stereocenters. The van der Waals surface area contributed by atoms with Gasteiger partial charge in [0, 0.05) is 0 Å². The quantitative estimate of drug-likeness (QED) is 0.599. The Morgan fingerprint density at radius 1 is 1.21 bits per heavy atom. The highest BCUT2D eigenvalue weighted by molar-refractivity contribution is 5.27. The van der Waals surface area contributed by atoms with Crippen molar-refractivity contribution in [2.45, 2.75) is 31.1 Å². The average molecular weight is 338 g/mol. The Balaban J connectivity index is 1.61. The fourth-order valence-corrected chi connectivity index (χ4v) is 2.22. The van der Waals surface area contributed by atoms with Crippen LogP contribution in [0.2, 0.25) is 0 Å². The molecule has 0 spiro atoms. The molecule has 0 aliphatic carbocycles. The third-order valence-electron chi connectivity index (χ3n) is 3.59. The molecule has 1 fully saturated rings. The Morgan fingerprint density at radius 2 is 1.96 bits per heavy atom. The number of ether oxygens (including phenoxy) is 3. The lowest BCUT2D eigenvalue weighted by atomic mass is 10.1. The number of nitrogens with zero attached hydrogens (tertiary/aromatic N) is 4. The van der Waals surface area contributed by atoms with Crippen LogP contribution in [0.3, 0.4) is 0 Å². The van der Waals surface area contributed by atoms with Gasteiger partial charge in [0.2, 0.25) is 6.29 Å². The van der Waals surface area contributed by atoms with E-state index in [0.717, 1.165) is 11.3 Å². The van der Waals surface area contributed by atoms with Crippen LogP contribution in [0.1, 0.15) is 5.56 Å². The molecule has 10 nitrogen and oxygen atoms in total. The van der Waals surface area contributed by atoms with Gasteiger partial charge >= 0.3 is 6.01 Å². The van der Waals surface area contributed by atoms with Crippen molar-refractivity contribution in [3.63, 3.8) is 0 Å². The molecule has 10 heteroatoms. The molecule has 130 valence electrons. The summed E-state index contributed by atoms with van der Waals surface area (Å²) in [6, 6.07) is 7.28. The van der Waals surface area contributed by atoms with Crippen LogP contribution in [0.25, 0.3) is 0 Å². The predicted molar refractivity (Wildman–Crippen MR) is 78.3 cm³/mol. The van der Waals surface area contributed by atoms with Gasteiger partial charge in [-0.25, -0.2) is 0 Å². The number of rotatable bonds is 5. The van der Waals surface area contributed by atoms with Crippen LogP contribution in [0, 0.1) is 0 Å². The zero-order chi connectivity index (χ0) is 17.1. The van der Waals surface area contributed by atoms with Crippen LogP contribution < -0.4 is 9.47 Å². The molecule has 3 rings (SSSR count). The maximum atomic E-state index is 9.81. The lowest BCUT2D eigenvalue weighted by Crippen LogP contribution is -2.54. The van der Waals surface area contributed by atoms with Crippen LogP contribution in [-0.2, 0) is 11.3 Å². The normalized spacial score (nSPS) is 27.0. The summed E-state index contributed by atoms with van der Waals surface area (Å²) in [7, 11) is 1.59. The molecule has 1 aromatic carbocycles. The second-order valence-electron chi connectivity index (χ2n) is 5.32. The Morgan fingerprint density at radius 3 is 2.67 bits per heavy atom. The lowest BCUT2D eigenvalue weighted by Gasteiger charge is -2.33. The molecule has 1 aromatic heterocycles. The fraction of sp³-hybridized carbons (Fsp3) is 0.500. The Hall–Kier alpha value is -2.27. The minimum atomic E-state index is -1.41. The monoisotopic (exact) mass is 338 g/mol. The molecule has 1 saturated heterocycles. The van der Waals surface area contributed by atoms with Crippen LogP contribution in [0.5, 0.6) is 11.8 Å². The first kappa shape index (κ1) is 16.6. The minimum absolute atomic E-state index is 0.101. The van der Waals surface area contributed by atoms with E-state index in [2.05, 4.69) is 15.4 Å². The summed E-state index contributed by atoms with van der Waals surface area (Å²) in [6.45, 7) is 0.207. The van der Waals surface area contributed by atoms with Crippen molar-refractivity contribution in [2.75, 3.05) is 13.7 Å². The number of aliphatic hydroxyl groups excluding tert-OH is 3. The van der Waals surface area contributed by atoms with Gasteiger partial charge in [0.1, 0.15) is 24.1 Å². The summed E-state index contributed by atoms with van der Waals surface area (Å²) in [5, 5.41) is 40.4. The van der Waals surface area contributed by atoms with Crippen molar-refractivity contribution in [1.82, 2.24) is 20.2 Å². The minimum Gasteiger partial charge on any atom is -0.497 e. The van der Waals surface area contributed by atoms with Crippen molar-refractivity contribution in [2.24, 2.45) is 0 Å². The number of hydrogen-bond donors (Lipinski definition) is 3. The zero-order valence-electron chi connectivity index (χ0n) is 12.9. The molecule has 2 heterocycles. The summed E-state index contributed by atoms with van der Waals surface area (Å²) in [5.41, 5.74) is 0.937. The first-order chi connectivity index (χ1) is 11.6. The van der Waals surface area contributed by atoms with Crippen molar-refractivity contribution in [1.29, 1.82) is 0 Å². The maximum absolute atomic E-state index is 9.81.